The van der Waals surface area contributed by atoms with E-state index in [9.17, 15) is 28.7 Å². The summed E-state index contributed by atoms with van der Waals surface area (Å²) in [7, 11) is 4.44. The van der Waals surface area contributed by atoms with E-state index in [1.165, 1.54) is 44.4 Å². The molecule has 39 heavy (non-hydrogen) atoms. The average Bonchev–Trinajstić information content (AvgIpc) is 2.89. The van der Waals surface area contributed by atoms with E-state index in [0.717, 1.165) is 11.8 Å². The molecule has 12 heteroatoms. The Kier molecular flexibility index (Phi) is 12.5. The van der Waals surface area contributed by atoms with E-state index in [2.05, 4.69) is 5.32 Å². The second-order valence-electron chi connectivity index (χ2n) is 8.60. The quantitative estimate of drug-likeness (QED) is 0.326. The molecule has 0 aromatic heterocycles. The van der Waals surface area contributed by atoms with Gasteiger partial charge in [-0.2, -0.15) is 0 Å². The SMILES string of the molecule is CC[C@@H](C(=O)N[C@@H](CC(=O)O)C(=O)CSCc1c(F)cccc1Cl)N(C)C(=O)Cc1cc(OC)ccc1OC. The fourth-order valence-corrected chi connectivity index (χ4v) is 5.14. The molecule has 0 aliphatic rings. The fraction of sp³-hybridized carbons (Fsp3) is 0.407. The highest BCUT2D eigenvalue weighted by atomic mass is 35.5. The lowest BCUT2D eigenvalue weighted by Gasteiger charge is -2.28. The molecule has 0 bridgehead atoms. The van der Waals surface area contributed by atoms with Gasteiger partial charge in [0.25, 0.3) is 0 Å². The van der Waals surface area contributed by atoms with Crippen LogP contribution in [-0.4, -0.2) is 72.7 Å². The summed E-state index contributed by atoms with van der Waals surface area (Å²) in [6, 6.07) is 7.01. The second-order valence-corrected chi connectivity index (χ2v) is 9.99. The van der Waals surface area contributed by atoms with Gasteiger partial charge in [-0.15, -0.1) is 11.8 Å². The molecule has 9 nitrogen and oxygen atoms in total. The third kappa shape index (κ3) is 9.14. The van der Waals surface area contributed by atoms with Crippen LogP contribution < -0.4 is 14.8 Å². The van der Waals surface area contributed by atoms with E-state index in [1.54, 1.807) is 25.1 Å². The number of nitrogens with zero attached hydrogens (tertiary/aromatic N) is 1. The molecule has 2 atom stereocenters. The molecule has 0 fully saturated rings. The molecule has 0 spiro atoms. The van der Waals surface area contributed by atoms with E-state index >= 15 is 0 Å². The molecule has 2 amide bonds. The number of Topliss-reactive ketones (excluding diaryl/α,β-unsaturated/α-hetero) is 1. The number of benzene rings is 2. The largest absolute Gasteiger partial charge is 0.497 e. The summed E-state index contributed by atoms with van der Waals surface area (Å²) in [5.41, 5.74) is 0.796. The lowest BCUT2D eigenvalue weighted by Crippen LogP contribution is -2.53. The number of thioether (sulfide) groups is 1. The topological polar surface area (TPSA) is 122 Å². The Labute approximate surface area is 236 Å². The molecule has 0 aliphatic heterocycles. The molecule has 2 N–H and O–H groups in total. The van der Waals surface area contributed by atoms with Crippen molar-refractivity contribution >= 4 is 46.9 Å². The van der Waals surface area contributed by atoms with E-state index < -0.39 is 42.0 Å². The monoisotopic (exact) mass is 582 g/mol. The van der Waals surface area contributed by atoms with Crippen LogP contribution in [0.4, 0.5) is 4.39 Å². The highest BCUT2D eigenvalue weighted by molar-refractivity contribution is 7.99. The zero-order chi connectivity index (χ0) is 29.1. The molecule has 0 saturated carbocycles. The fourth-order valence-electron chi connectivity index (χ4n) is 3.83. The summed E-state index contributed by atoms with van der Waals surface area (Å²) in [6.45, 7) is 1.70. The number of amides is 2. The number of likely N-dealkylation sites (N-methyl/N-ethyl adjacent to an activating group) is 1. The minimum Gasteiger partial charge on any atom is -0.497 e. The first kappa shape index (κ1) is 31.9. The van der Waals surface area contributed by atoms with Crippen LogP contribution >= 0.6 is 23.4 Å². The van der Waals surface area contributed by atoms with Gasteiger partial charge in [0.1, 0.15) is 23.4 Å². The van der Waals surface area contributed by atoms with Crippen molar-refractivity contribution in [2.24, 2.45) is 0 Å². The van der Waals surface area contributed by atoms with Crippen molar-refractivity contribution in [3.8, 4) is 11.5 Å². The number of nitrogens with one attached hydrogen (secondary N) is 1. The van der Waals surface area contributed by atoms with Gasteiger partial charge >= 0.3 is 5.97 Å². The van der Waals surface area contributed by atoms with Gasteiger partial charge in [0.15, 0.2) is 5.78 Å². The van der Waals surface area contributed by atoms with Crippen LogP contribution in [0.1, 0.15) is 30.9 Å². The third-order valence-corrected chi connectivity index (χ3v) is 7.35. The number of halogens is 2. The number of ketones is 1. The predicted molar refractivity (Wildman–Crippen MR) is 147 cm³/mol. The highest BCUT2D eigenvalue weighted by Crippen LogP contribution is 2.26. The lowest BCUT2D eigenvalue weighted by molar-refractivity contribution is -0.142. The Morgan fingerprint density at radius 3 is 2.46 bits per heavy atom. The van der Waals surface area contributed by atoms with Crippen LogP contribution in [0.3, 0.4) is 0 Å². The Balaban J connectivity index is 2.08. The van der Waals surface area contributed by atoms with E-state index in [0.29, 0.717) is 17.1 Å². The summed E-state index contributed by atoms with van der Waals surface area (Å²) in [5.74, 6) is -2.45. The van der Waals surface area contributed by atoms with Crippen molar-refractivity contribution in [1.29, 1.82) is 0 Å². The molecular formula is C27H32ClFN2O7S. The molecule has 0 unspecified atom stereocenters. The Hall–Kier alpha value is -3.31. The summed E-state index contributed by atoms with van der Waals surface area (Å²) < 4.78 is 24.5. The predicted octanol–water partition coefficient (Wildman–Crippen LogP) is 3.74. The van der Waals surface area contributed by atoms with Crippen LogP contribution in [0.25, 0.3) is 0 Å². The van der Waals surface area contributed by atoms with Crippen molar-refractivity contribution in [3.63, 3.8) is 0 Å². The van der Waals surface area contributed by atoms with Crippen molar-refractivity contribution in [2.45, 2.75) is 44.0 Å². The average molecular weight is 583 g/mol. The van der Waals surface area contributed by atoms with Gasteiger partial charge < -0.3 is 24.8 Å². The smallest absolute Gasteiger partial charge is 0.305 e. The van der Waals surface area contributed by atoms with E-state index in [1.807, 2.05) is 0 Å². The zero-order valence-corrected chi connectivity index (χ0v) is 23.7. The summed E-state index contributed by atoms with van der Waals surface area (Å²) in [4.78, 5) is 51.7. The standard InChI is InChI=1S/C27H32ClFN2O7S/c1-5-22(31(2)25(33)12-16-11-17(37-3)9-10-24(16)38-4)27(36)30-21(13-26(34)35)23(32)15-39-14-18-19(28)7-6-8-20(18)29/h6-11,21-22H,5,12-15H2,1-4H3,(H,30,36)(H,34,35)/t21-,22-/m0/s1. The maximum atomic E-state index is 14.0. The number of carboxylic acid groups (broad SMARTS) is 1. The van der Waals surface area contributed by atoms with E-state index in [-0.39, 0.29) is 40.8 Å². The first-order valence-electron chi connectivity index (χ1n) is 12.0. The van der Waals surface area contributed by atoms with E-state index in [4.69, 9.17) is 21.1 Å². The number of carbonyl (C=O) groups is 4. The molecule has 0 radical (unpaired) electrons. The van der Waals surface area contributed by atoms with Gasteiger partial charge in [0.2, 0.25) is 11.8 Å². The first-order valence-corrected chi connectivity index (χ1v) is 13.6. The zero-order valence-electron chi connectivity index (χ0n) is 22.2. The van der Waals surface area contributed by atoms with Crippen LogP contribution in [0.15, 0.2) is 36.4 Å². The Morgan fingerprint density at radius 2 is 1.87 bits per heavy atom. The molecular weight excluding hydrogens is 551 g/mol. The number of rotatable bonds is 15. The highest BCUT2D eigenvalue weighted by Gasteiger charge is 2.30. The maximum Gasteiger partial charge on any atom is 0.305 e. The molecule has 2 rings (SSSR count). The normalized spacial score (nSPS) is 12.3. The van der Waals surface area contributed by atoms with Crippen molar-refractivity contribution in [2.75, 3.05) is 27.0 Å². The second kappa shape index (κ2) is 15.3. The van der Waals surface area contributed by atoms with Gasteiger partial charge in [-0.3, -0.25) is 19.2 Å². The number of ether oxygens (including phenoxy) is 2. The maximum absolute atomic E-state index is 14.0. The van der Waals surface area contributed by atoms with Crippen LogP contribution in [0.2, 0.25) is 5.02 Å². The summed E-state index contributed by atoms with van der Waals surface area (Å²) >= 11 is 7.07. The number of aliphatic carboxylic acids is 1. The lowest BCUT2D eigenvalue weighted by atomic mass is 10.1. The number of hydrogen-bond acceptors (Lipinski definition) is 7. The number of methoxy groups -OCH3 is 2. The van der Waals surface area contributed by atoms with Crippen molar-refractivity contribution < 1.29 is 38.1 Å². The van der Waals surface area contributed by atoms with Crippen LogP contribution in [0, 0.1) is 5.82 Å². The first-order chi connectivity index (χ1) is 18.5. The van der Waals surface area contributed by atoms with Crippen molar-refractivity contribution in [3.05, 3.63) is 58.4 Å². The Bertz CT molecular complexity index is 1180. The molecule has 0 saturated heterocycles. The van der Waals surface area contributed by atoms with Gasteiger partial charge in [-0.05, 0) is 36.8 Å². The molecule has 0 aliphatic carbocycles. The Morgan fingerprint density at radius 1 is 1.15 bits per heavy atom. The van der Waals surface area contributed by atoms with Crippen LogP contribution in [0.5, 0.6) is 11.5 Å². The third-order valence-electron chi connectivity index (χ3n) is 6.02. The number of carbonyl (C=O) groups excluding carboxylic acids is 3. The summed E-state index contributed by atoms with van der Waals surface area (Å²) in [5, 5.41) is 12.0. The molecule has 212 valence electrons. The minimum absolute atomic E-state index is 0.0760. The van der Waals surface area contributed by atoms with Crippen molar-refractivity contribution in [1.82, 2.24) is 10.2 Å². The number of carboxylic acids is 1. The van der Waals surface area contributed by atoms with Crippen LogP contribution in [-0.2, 0) is 31.4 Å². The van der Waals surface area contributed by atoms with Gasteiger partial charge in [0, 0.05) is 29.0 Å². The summed E-state index contributed by atoms with van der Waals surface area (Å²) in [6.07, 6.45) is -0.494. The number of hydrogen-bond donors (Lipinski definition) is 2. The van der Waals surface area contributed by atoms with Gasteiger partial charge in [-0.1, -0.05) is 24.6 Å². The van der Waals surface area contributed by atoms with Gasteiger partial charge in [-0.25, -0.2) is 4.39 Å². The molecule has 0 heterocycles. The molecule has 2 aromatic carbocycles. The molecule has 2 aromatic rings. The van der Waals surface area contributed by atoms with Gasteiger partial charge in [0.05, 0.1) is 38.9 Å². The minimum atomic E-state index is -1.32.